The Labute approximate surface area is 164 Å². The number of rotatable bonds is 3. The monoisotopic (exact) mass is 386 g/mol. The van der Waals surface area contributed by atoms with Crippen molar-refractivity contribution in [1.29, 1.82) is 0 Å². The molecule has 3 aromatic carbocycles. The van der Waals surface area contributed by atoms with Gasteiger partial charge in [0.25, 0.3) is 11.8 Å². The SMILES string of the molecule is O=C1NC(=O)N(c2ccc(C(=O)O)cc2)C(=O)/C1=C/c1cccc2ccccc12. The molecule has 4 amide bonds. The number of fused-ring (bicyclic) bond motifs is 1. The third-order valence-corrected chi connectivity index (χ3v) is 4.60. The number of carboxylic acid groups (broad SMARTS) is 1. The average molecular weight is 386 g/mol. The molecule has 4 rings (SSSR count). The first-order valence-electron chi connectivity index (χ1n) is 8.68. The number of carbonyl (C=O) groups is 4. The highest BCUT2D eigenvalue weighted by Crippen LogP contribution is 2.25. The van der Waals surface area contributed by atoms with E-state index in [4.69, 9.17) is 5.11 Å². The maximum atomic E-state index is 13.0. The number of nitrogens with zero attached hydrogens (tertiary/aromatic N) is 1. The maximum absolute atomic E-state index is 13.0. The summed E-state index contributed by atoms with van der Waals surface area (Å²) in [6.45, 7) is 0. The lowest BCUT2D eigenvalue weighted by Crippen LogP contribution is -2.54. The fourth-order valence-electron chi connectivity index (χ4n) is 3.18. The van der Waals surface area contributed by atoms with Crippen molar-refractivity contribution in [2.24, 2.45) is 0 Å². The summed E-state index contributed by atoms with van der Waals surface area (Å²) in [5.74, 6) is -2.70. The van der Waals surface area contributed by atoms with Crippen LogP contribution in [0.5, 0.6) is 0 Å². The zero-order valence-electron chi connectivity index (χ0n) is 15.0. The molecule has 1 fully saturated rings. The lowest BCUT2D eigenvalue weighted by atomic mass is 10.0. The molecule has 1 aliphatic rings. The van der Waals surface area contributed by atoms with E-state index in [0.29, 0.717) is 5.56 Å². The molecule has 1 saturated heterocycles. The van der Waals surface area contributed by atoms with E-state index in [2.05, 4.69) is 5.32 Å². The van der Waals surface area contributed by atoms with Crippen molar-refractivity contribution >= 4 is 46.4 Å². The molecule has 7 heteroatoms. The van der Waals surface area contributed by atoms with Crippen LogP contribution in [0, 0.1) is 0 Å². The Kier molecular flexibility index (Phi) is 4.40. The van der Waals surface area contributed by atoms with Crippen LogP contribution < -0.4 is 10.2 Å². The van der Waals surface area contributed by atoms with E-state index < -0.39 is 23.8 Å². The van der Waals surface area contributed by atoms with E-state index in [1.807, 2.05) is 36.4 Å². The summed E-state index contributed by atoms with van der Waals surface area (Å²) in [6, 6.07) is 17.4. The number of carbonyl (C=O) groups excluding carboxylic acids is 3. The molecule has 0 aliphatic carbocycles. The van der Waals surface area contributed by atoms with E-state index in [1.165, 1.54) is 30.3 Å². The number of hydrogen-bond donors (Lipinski definition) is 2. The molecule has 0 radical (unpaired) electrons. The van der Waals surface area contributed by atoms with Crippen LogP contribution in [0.2, 0.25) is 0 Å². The standard InChI is InChI=1S/C22H14N2O5/c25-19-18(12-15-6-3-5-13-4-1-2-7-17(13)15)20(26)24(22(29)23-19)16-10-8-14(9-11-16)21(27)28/h1-12H,(H,27,28)(H,23,25,29)/b18-12+. The van der Waals surface area contributed by atoms with Crippen molar-refractivity contribution in [3.63, 3.8) is 0 Å². The topological polar surface area (TPSA) is 104 Å². The van der Waals surface area contributed by atoms with Crippen molar-refractivity contribution in [2.75, 3.05) is 4.90 Å². The van der Waals surface area contributed by atoms with E-state index >= 15 is 0 Å². The number of amides is 4. The van der Waals surface area contributed by atoms with Gasteiger partial charge in [-0.15, -0.1) is 0 Å². The molecule has 142 valence electrons. The Morgan fingerprint density at radius 1 is 0.897 bits per heavy atom. The van der Waals surface area contributed by atoms with Gasteiger partial charge in [-0.25, -0.2) is 14.5 Å². The van der Waals surface area contributed by atoms with Gasteiger partial charge in [-0.3, -0.25) is 14.9 Å². The summed E-state index contributed by atoms with van der Waals surface area (Å²) in [7, 11) is 0. The Morgan fingerprint density at radius 2 is 1.59 bits per heavy atom. The van der Waals surface area contributed by atoms with Gasteiger partial charge in [-0.05, 0) is 46.7 Å². The molecule has 29 heavy (non-hydrogen) atoms. The molecule has 2 N–H and O–H groups in total. The molecular formula is C22H14N2O5. The highest BCUT2D eigenvalue weighted by atomic mass is 16.4. The van der Waals surface area contributed by atoms with Crippen molar-refractivity contribution in [3.8, 4) is 0 Å². The second-order valence-corrected chi connectivity index (χ2v) is 6.38. The first kappa shape index (κ1) is 18.1. The highest BCUT2D eigenvalue weighted by Gasteiger charge is 2.36. The summed E-state index contributed by atoms with van der Waals surface area (Å²) in [6.07, 6.45) is 1.45. The van der Waals surface area contributed by atoms with Gasteiger partial charge < -0.3 is 5.11 Å². The van der Waals surface area contributed by atoms with Crippen molar-refractivity contribution < 1.29 is 24.3 Å². The minimum absolute atomic E-state index is 0.0150. The number of imide groups is 2. The van der Waals surface area contributed by atoms with Crippen LogP contribution in [-0.4, -0.2) is 28.9 Å². The van der Waals surface area contributed by atoms with Gasteiger partial charge in [0, 0.05) is 0 Å². The number of carboxylic acids is 1. The van der Waals surface area contributed by atoms with Gasteiger partial charge in [-0.2, -0.15) is 0 Å². The van der Waals surface area contributed by atoms with Crippen molar-refractivity contribution in [1.82, 2.24) is 5.32 Å². The Morgan fingerprint density at radius 3 is 2.31 bits per heavy atom. The predicted octanol–water partition coefficient (Wildman–Crippen LogP) is 3.20. The van der Waals surface area contributed by atoms with Gasteiger partial charge in [0.2, 0.25) is 0 Å². The van der Waals surface area contributed by atoms with Gasteiger partial charge in [0.15, 0.2) is 0 Å². The van der Waals surface area contributed by atoms with E-state index in [1.54, 1.807) is 6.07 Å². The Hall–Kier alpha value is -4.26. The third kappa shape index (κ3) is 3.25. The molecule has 0 atom stereocenters. The predicted molar refractivity (Wildman–Crippen MR) is 106 cm³/mol. The zero-order chi connectivity index (χ0) is 20.5. The maximum Gasteiger partial charge on any atom is 0.335 e. The molecule has 0 unspecified atom stereocenters. The molecule has 1 aliphatic heterocycles. The van der Waals surface area contributed by atoms with Crippen LogP contribution in [0.4, 0.5) is 10.5 Å². The van der Waals surface area contributed by atoms with Gasteiger partial charge in [-0.1, -0.05) is 42.5 Å². The second kappa shape index (κ2) is 7.05. The number of aromatic carboxylic acids is 1. The molecule has 0 saturated carbocycles. The lowest BCUT2D eigenvalue weighted by Gasteiger charge is -2.26. The minimum Gasteiger partial charge on any atom is -0.478 e. The first-order chi connectivity index (χ1) is 14.0. The smallest absolute Gasteiger partial charge is 0.335 e. The fraction of sp³-hybridized carbons (Fsp3) is 0. The molecule has 0 spiro atoms. The molecule has 0 aromatic heterocycles. The molecule has 7 nitrogen and oxygen atoms in total. The second-order valence-electron chi connectivity index (χ2n) is 6.38. The third-order valence-electron chi connectivity index (χ3n) is 4.60. The van der Waals surface area contributed by atoms with Crippen LogP contribution in [-0.2, 0) is 9.59 Å². The van der Waals surface area contributed by atoms with Crippen molar-refractivity contribution in [3.05, 3.63) is 83.4 Å². The highest BCUT2D eigenvalue weighted by molar-refractivity contribution is 6.39. The largest absolute Gasteiger partial charge is 0.478 e. The normalized spacial score (nSPS) is 15.7. The van der Waals surface area contributed by atoms with Crippen LogP contribution in [0.15, 0.2) is 72.3 Å². The van der Waals surface area contributed by atoms with Crippen LogP contribution >= 0.6 is 0 Å². The number of anilines is 1. The number of barbiturate groups is 1. The summed E-state index contributed by atoms with van der Waals surface area (Å²) in [5, 5.41) is 13.0. The van der Waals surface area contributed by atoms with E-state index in [-0.39, 0.29) is 16.8 Å². The van der Waals surface area contributed by atoms with E-state index in [0.717, 1.165) is 15.7 Å². The van der Waals surface area contributed by atoms with Crippen LogP contribution in [0.3, 0.4) is 0 Å². The summed E-state index contributed by atoms with van der Waals surface area (Å²) >= 11 is 0. The molecular weight excluding hydrogens is 372 g/mol. The quantitative estimate of drug-likeness (QED) is 0.531. The van der Waals surface area contributed by atoms with Crippen molar-refractivity contribution in [2.45, 2.75) is 0 Å². The fourth-order valence-corrected chi connectivity index (χ4v) is 3.18. The summed E-state index contributed by atoms with van der Waals surface area (Å²) in [4.78, 5) is 49.4. The van der Waals surface area contributed by atoms with Gasteiger partial charge in [0.1, 0.15) is 5.57 Å². The Balaban J connectivity index is 1.77. The molecule has 3 aromatic rings. The average Bonchev–Trinajstić information content (AvgIpc) is 2.71. The lowest BCUT2D eigenvalue weighted by molar-refractivity contribution is -0.122. The molecule has 1 heterocycles. The van der Waals surface area contributed by atoms with E-state index in [9.17, 15) is 19.2 Å². The van der Waals surface area contributed by atoms with Crippen LogP contribution in [0.25, 0.3) is 16.8 Å². The van der Waals surface area contributed by atoms with Crippen LogP contribution in [0.1, 0.15) is 15.9 Å². The number of hydrogen-bond acceptors (Lipinski definition) is 4. The van der Waals surface area contributed by atoms with Gasteiger partial charge >= 0.3 is 12.0 Å². The summed E-state index contributed by atoms with van der Waals surface area (Å²) < 4.78 is 0. The zero-order valence-corrected chi connectivity index (χ0v) is 15.0. The molecule has 0 bridgehead atoms. The Bertz CT molecular complexity index is 1210. The first-order valence-corrected chi connectivity index (χ1v) is 8.68. The summed E-state index contributed by atoms with van der Waals surface area (Å²) in [5.41, 5.74) is 0.649. The van der Waals surface area contributed by atoms with Gasteiger partial charge in [0.05, 0.1) is 11.3 Å². The number of urea groups is 1. The minimum atomic E-state index is -1.13. The number of benzene rings is 3. The number of nitrogens with one attached hydrogen (secondary N) is 1.